The first-order chi connectivity index (χ1) is 5.65. The summed E-state index contributed by atoms with van der Waals surface area (Å²) in [6.07, 6.45) is 0.920. The molecule has 1 aromatic rings. The van der Waals surface area contributed by atoms with E-state index in [9.17, 15) is 4.79 Å². The molecule has 0 aliphatic carbocycles. The van der Waals surface area contributed by atoms with Crippen molar-refractivity contribution in [2.45, 2.75) is 17.7 Å². The molecule has 0 N–H and O–H groups in total. The number of carbonyl (C=O) groups excluding carboxylic acids is 1. The van der Waals surface area contributed by atoms with Gasteiger partial charge >= 0.3 is 0 Å². The van der Waals surface area contributed by atoms with Crippen molar-refractivity contribution in [3.05, 3.63) is 28.2 Å². The second-order valence-corrected chi connectivity index (χ2v) is 4.03. The molecule has 64 valence electrons. The van der Waals surface area contributed by atoms with Crippen molar-refractivity contribution in [2.75, 3.05) is 0 Å². The third-order valence-corrected chi connectivity index (χ3v) is 2.57. The first-order valence-corrected chi connectivity index (χ1v) is 4.83. The summed E-state index contributed by atoms with van der Waals surface area (Å²) in [6.45, 7) is 1.86. The maximum absolute atomic E-state index is 10.5. The largest absolute Gasteiger partial charge is 0.303 e. The van der Waals surface area contributed by atoms with Gasteiger partial charge in [0, 0.05) is 15.3 Å². The molecule has 1 aromatic carbocycles. The van der Waals surface area contributed by atoms with E-state index in [1.807, 2.05) is 25.1 Å². The minimum absolute atomic E-state index is 0.0781. The van der Waals surface area contributed by atoms with Crippen molar-refractivity contribution in [1.29, 1.82) is 0 Å². The van der Waals surface area contributed by atoms with Crippen molar-refractivity contribution in [2.24, 2.45) is 0 Å². The number of thiol groups is 1. The summed E-state index contributed by atoms with van der Waals surface area (Å²) < 4.78 is 0.981. The molecule has 0 amide bonds. The molecule has 0 bridgehead atoms. The van der Waals surface area contributed by atoms with Crippen LogP contribution in [-0.2, 0) is 4.79 Å². The van der Waals surface area contributed by atoms with Gasteiger partial charge in [0.2, 0.25) is 0 Å². The first kappa shape index (κ1) is 9.81. The lowest BCUT2D eigenvalue weighted by atomic mass is 10.0. The Bertz CT molecular complexity index is 299. The Kier molecular flexibility index (Phi) is 3.35. The topological polar surface area (TPSA) is 17.1 Å². The minimum atomic E-state index is -0.0781. The lowest BCUT2D eigenvalue weighted by Gasteiger charge is -2.07. The zero-order valence-electron chi connectivity index (χ0n) is 6.62. The molecule has 0 heterocycles. The van der Waals surface area contributed by atoms with Gasteiger partial charge in [-0.2, -0.15) is 0 Å². The number of rotatable bonds is 2. The number of hydrogen-bond acceptors (Lipinski definition) is 2. The van der Waals surface area contributed by atoms with Crippen molar-refractivity contribution < 1.29 is 4.79 Å². The SMILES string of the molecule is CC(C=O)c1ccc(Br)cc1S. The molecule has 0 saturated heterocycles. The van der Waals surface area contributed by atoms with Crippen LogP contribution in [0, 0.1) is 0 Å². The number of aldehydes is 1. The molecular weight excluding hydrogens is 236 g/mol. The van der Waals surface area contributed by atoms with Crippen molar-refractivity contribution in [3.8, 4) is 0 Å². The average Bonchev–Trinajstić information content (AvgIpc) is 2.03. The summed E-state index contributed by atoms with van der Waals surface area (Å²) in [6, 6.07) is 5.71. The molecule has 0 radical (unpaired) electrons. The Morgan fingerprint density at radius 3 is 2.75 bits per heavy atom. The highest BCUT2D eigenvalue weighted by atomic mass is 79.9. The van der Waals surface area contributed by atoms with Gasteiger partial charge in [0.25, 0.3) is 0 Å². The van der Waals surface area contributed by atoms with Gasteiger partial charge in [-0.05, 0) is 17.7 Å². The van der Waals surface area contributed by atoms with Crippen LogP contribution in [0.4, 0.5) is 0 Å². The molecule has 1 unspecified atom stereocenters. The second kappa shape index (κ2) is 4.10. The van der Waals surface area contributed by atoms with Crippen LogP contribution in [0.3, 0.4) is 0 Å². The van der Waals surface area contributed by atoms with E-state index >= 15 is 0 Å². The fourth-order valence-electron chi connectivity index (χ4n) is 0.975. The van der Waals surface area contributed by atoms with Gasteiger partial charge in [-0.15, -0.1) is 12.6 Å². The fraction of sp³-hybridized carbons (Fsp3) is 0.222. The maximum atomic E-state index is 10.5. The normalized spacial score (nSPS) is 12.6. The predicted octanol–water partition coefficient (Wildman–Crippen LogP) is 3.04. The van der Waals surface area contributed by atoms with Gasteiger partial charge < -0.3 is 4.79 Å². The second-order valence-electron chi connectivity index (χ2n) is 2.63. The minimum Gasteiger partial charge on any atom is -0.303 e. The van der Waals surface area contributed by atoms with Gasteiger partial charge in [-0.25, -0.2) is 0 Å². The van der Waals surface area contributed by atoms with Gasteiger partial charge in [0.05, 0.1) is 0 Å². The monoisotopic (exact) mass is 244 g/mol. The van der Waals surface area contributed by atoms with Crippen LogP contribution < -0.4 is 0 Å². The summed E-state index contributed by atoms with van der Waals surface area (Å²) in [5, 5.41) is 0. The predicted molar refractivity (Wildman–Crippen MR) is 55.9 cm³/mol. The molecule has 3 heteroatoms. The third kappa shape index (κ3) is 2.11. The zero-order chi connectivity index (χ0) is 9.14. The highest BCUT2D eigenvalue weighted by Gasteiger charge is 2.06. The molecule has 0 fully saturated rings. The first-order valence-electron chi connectivity index (χ1n) is 3.59. The van der Waals surface area contributed by atoms with Crippen LogP contribution >= 0.6 is 28.6 Å². The van der Waals surface area contributed by atoms with Gasteiger partial charge in [0.1, 0.15) is 6.29 Å². The van der Waals surface area contributed by atoms with Crippen LogP contribution in [0.2, 0.25) is 0 Å². The van der Waals surface area contributed by atoms with E-state index in [0.717, 1.165) is 21.2 Å². The maximum Gasteiger partial charge on any atom is 0.127 e. The molecular formula is C9H9BrOS. The van der Waals surface area contributed by atoms with Gasteiger partial charge in [-0.3, -0.25) is 0 Å². The summed E-state index contributed by atoms with van der Waals surface area (Å²) in [4.78, 5) is 11.3. The van der Waals surface area contributed by atoms with E-state index in [0.29, 0.717) is 0 Å². The molecule has 1 atom stereocenters. The molecule has 0 spiro atoms. The van der Waals surface area contributed by atoms with Crippen LogP contribution in [0.1, 0.15) is 18.4 Å². The summed E-state index contributed by atoms with van der Waals surface area (Å²) in [5.41, 5.74) is 0.969. The Labute approximate surface area is 85.7 Å². The third-order valence-electron chi connectivity index (χ3n) is 1.69. The van der Waals surface area contributed by atoms with E-state index in [-0.39, 0.29) is 5.92 Å². The quantitative estimate of drug-likeness (QED) is 0.626. The molecule has 1 nitrogen and oxygen atoms in total. The summed E-state index contributed by atoms with van der Waals surface area (Å²) >= 11 is 7.60. The van der Waals surface area contributed by atoms with E-state index in [4.69, 9.17) is 0 Å². The van der Waals surface area contributed by atoms with Crippen LogP contribution in [-0.4, -0.2) is 6.29 Å². The lowest BCUT2D eigenvalue weighted by Crippen LogP contribution is -1.95. The molecule has 0 aromatic heterocycles. The van der Waals surface area contributed by atoms with E-state index in [1.54, 1.807) is 0 Å². The van der Waals surface area contributed by atoms with E-state index in [1.165, 1.54) is 0 Å². The van der Waals surface area contributed by atoms with Crippen LogP contribution in [0.25, 0.3) is 0 Å². The Hall–Kier alpha value is -0.280. The summed E-state index contributed by atoms with van der Waals surface area (Å²) in [7, 11) is 0. The van der Waals surface area contributed by atoms with E-state index < -0.39 is 0 Å². The average molecular weight is 245 g/mol. The Morgan fingerprint density at radius 2 is 2.25 bits per heavy atom. The smallest absolute Gasteiger partial charge is 0.127 e. The molecule has 0 aliphatic rings. The van der Waals surface area contributed by atoms with Crippen molar-refractivity contribution >= 4 is 34.8 Å². The standard InChI is InChI=1S/C9H9BrOS/c1-6(5-11)8-3-2-7(10)4-9(8)12/h2-6,12H,1H3. The Morgan fingerprint density at radius 1 is 1.58 bits per heavy atom. The van der Waals surface area contributed by atoms with Gasteiger partial charge in [-0.1, -0.05) is 28.9 Å². The highest BCUT2D eigenvalue weighted by molar-refractivity contribution is 9.10. The zero-order valence-corrected chi connectivity index (χ0v) is 9.10. The number of benzene rings is 1. The summed E-state index contributed by atoms with van der Waals surface area (Å²) in [5.74, 6) is -0.0781. The van der Waals surface area contributed by atoms with E-state index in [2.05, 4.69) is 28.6 Å². The molecule has 0 saturated carbocycles. The molecule has 0 aliphatic heterocycles. The Balaban J connectivity index is 3.09. The van der Waals surface area contributed by atoms with Crippen LogP contribution in [0.15, 0.2) is 27.6 Å². The number of hydrogen-bond donors (Lipinski definition) is 1. The molecule has 1 rings (SSSR count). The fourth-order valence-corrected chi connectivity index (χ4v) is 1.93. The van der Waals surface area contributed by atoms with Crippen molar-refractivity contribution in [1.82, 2.24) is 0 Å². The van der Waals surface area contributed by atoms with Crippen LogP contribution in [0.5, 0.6) is 0 Å². The van der Waals surface area contributed by atoms with Gasteiger partial charge in [0.15, 0.2) is 0 Å². The molecule has 12 heavy (non-hydrogen) atoms. The highest BCUT2D eigenvalue weighted by Crippen LogP contribution is 2.24. The number of halogens is 1. The lowest BCUT2D eigenvalue weighted by molar-refractivity contribution is -0.108. The van der Waals surface area contributed by atoms with Crippen molar-refractivity contribution in [3.63, 3.8) is 0 Å². The number of carbonyl (C=O) groups is 1.